The van der Waals surface area contributed by atoms with Crippen LogP contribution in [0.2, 0.25) is 0 Å². The summed E-state index contributed by atoms with van der Waals surface area (Å²) >= 11 is 0. The largest absolute Gasteiger partial charge is 0.553 e. The molecule has 0 aromatic heterocycles. The van der Waals surface area contributed by atoms with Crippen LogP contribution in [0.25, 0.3) is 0 Å². The lowest BCUT2D eigenvalue weighted by Gasteiger charge is -2.26. The van der Waals surface area contributed by atoms with Gasteiger partial charge in [0.15, 0.2) is 0 Å². The number of hydrogen-bond donors (Lipinski definition) is 1. The molecule has 1 atom stereocenters. The molecule has 78 valence electrons. The van der Waals surface area contributed by atoms with Crippen molar-refractivity contribution in [3.05, 3.63) is 0 Å². The van der Waals surface area contributed by atoms with Crippen molar-refractivity contribution in [2.24, 2.45) is 0 Å². The van der Waals surface area contributed by atoms with Gasteiger partial charge in [0.2, 0.25) is 0 Å². The molecule has 13 heavy (non-hydrogen) atoms. The second-order valence-corrected chi connectivity index (χ2v) is 3.25. The molecule has 1 aliphatic rings. The molecule has 0 radical (unpaired) electrons. The number of nitrogens with one attached hydrogen (secondary N) is 1. The van der Waals surface area contributed by atoms with Gasteiger partial charge < -0.3 is 19.5 Å². The number of rotatable bonds is 0. The molecule has 1 N–H and O–H groups in total. The van der Waals surface area contributed by atoms with Gasteiger partial charge in [0.05, 0.1) is 13.6 Å². The SMILES string of the molecule is CN1CCC[NH+](C)C1.COC(=O)[O-]. The predicted octanol–water partition coefficient (Wildman–Crippen LogP) is -2.23. The van der Waals surface area contributed by atoms with Crippen molar-refractivity contribution in [3.63, 3.8) is 0 Å². The van der Waals surface area contributed by atoms with Crippen molar-refractivity contribution in [3.8, 4) is 0 Å². The van der Waals surface area contributed by atoms with Crippen LogP contribution in [0.1, 0.15) is 6.42 Å². The summed E-state index contributed by atoms with van der Waals surface area (Å²) in [6, 6.07) is 0. The summed E-state index contributed by atoms with van der Waals surface area (Å²) in [4.78, 5) is 13.0. The van der Waals surface area contributed by atoms with Crippen LogP contribution in [-0.2, 0) is 4.74 Å². The van der Waals surface area contributed by atoms with Gasteiger partial charge in [0.1, 0.15) is 6.67 Å². The van der Waals surface area contributed by atoms with Crippen molar-refractivity contribution in [1.29, 1.82) is 0 Å². The quantitative estimate of drug-likeness (QED) is 0.439. The number of carboxylic acid groups (broad SMARTS) is 1. The van der Waals surface area contributed by atoms with Crippen molar-refractivity contribution in [1.82, 2.24) is 4.90 Å². The minimum atomic E-state index is -1.50. The van der Waals surface area contributed by atoms with E-state index in [2.05, 4.69) is 23.7 Å². The van der Waals surface area contributed by atoms with E-state index < -0.39 is 6.16 Å². The normalized spacial score (nSPS) is 22.8. The summed E-state index contributed by atoms with van der Waals surface area (Å²) in [7, 11) is 5.47. The standard InChI is InChI=1S/C6H14N2.C2H4O3/c1-7-4-3-5-8(2)6-7;1-5-2(3)4/h3-6H2,1-2H3;1H3,(H,3,4). The summed E-state index contributed by atoms with van der Waals surface area (Å²) in [5.41, 5.74) is 0. The summed E-state index contributed by atoms with van der Waals surface area (Å²) in [5.74, 6) is 0. The van der Waals surface area contributed by atoms with Crippen molar-refractivity contribution < 1.29 is 19.5 Å². The Kier molecular flexibility index (Phi) is 6.26. The van der Waals surface area contributed by atoms with Crippen LogP contribution in [-0.4, -0.2) is 52.0 Å². The average molecular weight is 190 g/mol. The first-order chi connectivity index (χ1) is 6.06. The molecule has 1 heterocycles. The minimum absolute atomic E-state index is 1.04. The van der Waals surface area contributed by atoms with Gasteiger partial charge in [0, 0.05) is 20.1 Å². The fourth-order valence-electron chi connectivity index (χ4n) is 1.27. The van der Waals surface area contributed by atoms with E-state index in [1.807, 2.05) is 0 Å². The molecule has 0 spiro atoms. The average Bonchev–Trinajstić information content (AvgIpc) is 2.05. The Labute approximate surface area is 78.9 Å². The Morgan fingerprint density at radius 1 is 1.62 bits per heavy atom. The number of carbonyl (C=O) groups excluding carboxylic acids is 1. The lowest BCUT2D eigenvalue weighted by Crippen LogP contribution is -3.11. The lowest BCUT2D eigenvalue weighted by atomic mass is 10.3. The van der Waals surface area contributed by atoms with Crippen LogP contribution >= 0.6 is 0 Å². The van der Waals surface area contributed by atoms with E-state index in [9.17, 15) is 0 Å². The van der Waals surface area contributed by atoms with Crippen LogP contribution < -0.4 is 10.0 Å². The first kappa shape index (κ1) is 12.2. The number of hydrogen-bond acceptors (Lipinski definition) is 4. The van der Waals surface area contributed by atoms with Gasteiger partial charge in [-0.1, -0.05) is 0 Å². The van der Waals surface area contributed by atoms with Gasteiger partial charge in [-0.3, -0.25) is 4.90 Å². The maximum absolute atomic E-state index is 9.03. The van der Waals surface area contributed by atoms with Crippen molar-refractivity contribution in [2.45, 2.75) is 6.42 Å². The van der Waals surface area contributed by atoms with E-state index in [4.69, 9.17) is 9.90 Å². The number of methoxy groups -OCH3 is 1. The summed E-state index contributed by atoms with van der Waals surface area (Å²) in [6.07, 6.45) is -0.132. The Hall–Kier alpha value is -0.810. The zero-order valence-corrected chi connectivity index (χ0v) is 8.50. The van der Waals surface area contributed by atoms with E-state index in [-0.39, 0.29) is 0 Å². The maximum atomic E-state index is 9.03. The van der Waals surface area contributed by atoms with Gasteiger partial charge in [-0.05, 0) is 7.05 Å². The summed E-state index contributed by atoms with van der Waals surface area (Å²) in [6.45, 7) is 3.86. The highest BCUT2D eigenvalue weighted by atomic mass is 16.6. The number of ether oxygens (including phenoxy) is 1. The van der Waals surface area contributed by atoms with Crippen LogP contribution in [0.5, 0.6) is 0 Å². The highest BCUT2D eigenvalue weighted by molar-refractivity contribution is 5.53. The number of quaternary nitrogens is 1. The molecule has 0 aromatic rings. The van der Waals surface area contributed by atoms with Crippen molar-refractivity contribution in [2.75, 3.05) is 41.0 Å². The van der Waals surface area contributed by atoms with Gasteiger partial charge in [0.25, 0.3) is 6.16 Å². The second-order valence-electron chi connectivity index (χ2n) is 3.25. The second kappa shape index (κ2) is 6.68. The third-order valence-corrected chi connectivity index (χ3v) is 1.85. The zero-order valence-electron chi connectivity index (χ0n) is 8.50. The fraction of sp³-hybridized carbons (Fsp3) is 0.875. The molecule has 0 bridgehead atoms. The number of nitrogens with zero attached hydrogens (tertiary/aromatic N) is 1. The first-order valence-corrected chi connectivity index (χ1v) is 4.31. The van der Waals surface area contributed by atoms with Crippen LogP contribution in [0.15, 0.2) is 0 Å². The molecule has 1 rings (SSSR count). The molecule has 1 saturated heterocycles. The summed E-state index contributed by atoms with van der Waals surface area (Å²) in [5, 5.41) is 9.03. The van der Waals surface area contributed by atoms with E-state index in [0.29, 0.717) is 0 Å². The predicted molar refractivity (Wildman–Crippen MR) is 46.3 cm³/mol. The van der Waals surface area contributed by atoms with Gasteiger partial charge in [-0.15, -0.1) is 0 Å². The molecule has 0 aliphatic carbocycles. The first-order valence-electron chi connectivity index (χ1n) is 4.31. The fourth-order valence-corrected chi connectivity index (χ4v) is 1.27. The minimum Gasteiger partial charge on any atom is -0.553 e. The number of carbonyl (C=O) groups is 1. The van der Waals surface area contributed by atoms with E-state index in [1.165, 1.54) is 26.2 Å². The molecule has 5 heteroatoms. The highest BCUT2D eigenvalue weighted by Crippen LogP contribution is 1.84. The smallest absolute Gasteiger partial charge is 0.251 e. The van der Waals surface area contributed by atoms with Gasteiger partial charge in [-0.2, -0.15) is 0 Å². The molecular formula is C8H18N2O3. The monoisotopic (exact) mass is 190 g/mol. The lowest BCUT2D eigenvalue weighted by molar-refractivity contribution is -0.896. The molecule has 1 aliphatic heterocycles. The van der Waals surface area contributed by atoms with Gasteiger partial charge in [-0.25, -0.2) is 0 Å². The molecular weight excluding hydrogens is 172 g/mol. The Balaban J connectivity index is 0.000000252. The van der Waals surface area contributed by atoms with Crippen LogP contribution in [0.3, 0.4) is 0 Å². The van der Waals surface area contributed by atoms with E-state index in [0.717, 1.165) is 7.11 Å². The molecule has 0 amide bonds. The third kappa shape index (κ3) is 7.55. The van der Waals surface area contributed by atoms with E-state index >= 15 is 0 Å². The molecule has 0 saturated carbocycles. The third-order valence-electron chi connectivity index (χ3n) is 1.85. The maximum Gasteiger partial charge on any atom is 0.251 e. The molecule has 1 unspecified atom stereocenters. The zero-order chi connectivity index (χ0) is 10.3. The highest BCUT2D eigenvalue weighted by Gasteiger charge is 2.11. The molecule has 1 fully saturated rings. The topological polar surface area (TPSA) is 57.0 Å². The Morgan fingerprint density at radius 3 is 2.38 bits per heavy atom. The van der Waals surface area contributed by atoms with Gasteiger partial charge >= 0.3 is 0 Å². The van der Waals surface area contributed by atoms with Crippen LogP contribution in [0, 0.1) is 0 Å². The Morgan fingerprint density at radius 2 is 2.15 bits per heavy atom. The summed E-state index contributed by atoms with van der Waals surface area (Å²) < 4.78 is 3.56. The van der Waals surface area contributed by atoms with Crippen LogP contribution in [0.4, 0.5) is 4.79 Å². The Bertz CT molecular complexity index is 144. The molecule has 5 nitrogen and oxygen atoms in total. The van der Waals surface area contributed by atoms with E-state index in [1.54, 1.807) is 4.90 Å². The molecule has 0 aromatic carbocycles. The van der Waals surface area contributed by atoms with Crippen molar-refractivity contribution >= 4 is 6.16 Å².